The maximum Gasteiger partial charge on any atom is 0.338 e. The Bertz CT molecular complexity index is 945. The van der Waals surface area contributed by atoms with E-state index in [1.54, 1.807) is 6.07 Å². The van der Waals surface area contributed by atoms with Crippen molar-refractivity contribution in [2.24, 2.45) is 0 Å². The van der Waals surface area contributed by atoms with Gasteiger partial charge in [0.25, 0.3) is 0 Å². The summed E-state index contributed by atoms with van der Waals surface area (Å²) in [6.07, 6.45) is 0. The van der Waals surface area contributed by atoms with E-state index in [0.29, 0.717) is 18.8 Å². The Kier molecular flexibility index (Phi) is 6.58. The van der Waals surface area contributed by atoms with Crippen LogP contribution in [-0.2, 0) is 29.3 Å². The molecule has 0 atom stereocenters. The van der Waals surface area contributed by atoms with E-state index in [4.69, 9.17) is 14.6 Å². The Morgan fingerprint density at radius 1 is 0.857 bits per heavy atom. The van der Waals surface area contributed by atoms with E-state index < -0.39 is 0 Å². The van der Waals surface area contributed by atoms with Crippen molar-refractivity contribution >= 4 is 5.97 Å². The number of hydrogen-bond donors (Lipinski definition) is 1. The Balaban J connectivity index is 1.79. The fourth-order valence-electron chi connectivity index (χ4n) is 3.09. The summed E-state index contributed by atoms with van der Waals surface area (Å²) in [5.74, 6) is -0.352. The highest BCUT2D eigenvalue weighted by molar-refractivity contribution is 5.97. The van der Waals surface area contributed by atoms with Crippen LogP contribution in [0.3, 0.4) is 0 Å². The lowest BCUT2D eigenvalue weighted by Gasteiger charge is -2.13. The highest BCUT2D eigenvalue weighted by Crippen LogP contribution is 2.29. The van der Waals surface area contributed by atoms with E-state index >= 15 is 0 Å². The smallest absolute Gasteiger partial charge is 0.338 e. The number of methoxy groups -OCH3 is 1. The molecular weight excluding hydrogens is 352 g/mol. The zero-order valence-electron chi connectivity index (χ0n) is 16.1. The molecule has 144 valence electrons. The molecule has 0 spiro atoms. The van der Waals surface area contributed by atoms with Crippen molar-refractivity contribution in [3.63, 3.8) is 0 Å². The molecule has 28 heavy (non-hydrogen) atoms. The molecule has 0 amide bonds. The Hall–Kier alpha value is -2.95. The van der Waals surface area contributed by atoms with Crippen LogP contribution in [0.25, 0.3) is 11.1 Å². The second kappa shape index (κ2) is 9.31. The molecule has 3 aromatic carbocycles. The van der Waals surface area contributed by atoms with Crippen molar-refractivity contribution < 1.29 is 19.4 Å². The quantitative estimate of drug-likeness (QED) is 0.610. The fourth-order valence-corrected chi connectivity index (χ4v) is 3.09. The van der Waals surface area contributed by atoms with Crippen LogP contribution in [-0.4, -0.2) is 18.2 Å². The number of aliphatic hydroxyl groups excluding tert-OH is 1. The minimum absolute atomic E-state index is 0.0371. The standard InChI is InChI=1S/C24H24O4/c1-17-5-3-4-6-21(17)23-13-20(11-12-22(23)24(26)27-2)16-28-15-19-9-7-18(14-25)8-10-19/h3-13,25H,14-16H2,1-2H3. The van der Waals surface area contributed by atoms with Gasteiger partial charge in [-0.15, -0.1) is 0 Å². The molecule has 3 aromatic rings. The first-order valence-corrected chi connectivity index (χ1v) is 9.16. The molecule has 0 aliphatic heterocycles. The first-order chi connectivity index (χ1) is 13.6. The van der Waals surface area contributed by atoms with Crippen LogP contribution < -0.4 is 0 Å². The van der Waals surface area contributed by atoms with Gasteiger partial charge in [-0.3, -0.25) is 0 Å². The van der Waals surface area contributed by atoms with Gasteiger partial charge in [0, 0.05) is 0 Å². The van der Waals surface area contributed by atoms with E-state index in [1.807, 2.05) is 67.6 Å². The molecule has 0 fully saturated rings. The lowest BCUT2D eigenvalue weighted by molar-refractivity contribution is 0.0601. The summed E-state index contributed by atoms with van der Waals surface area (Å²) in [7, 11) is 1.39. The lowest BCUT2D eigenvalue weighted by atomic mass is 9.94. The van der Waals surface area contributed by atoms with E-state index in [1.165, 1.54) is 7.11 Å². The van der Waals surface area contributed by atoms with Crippen LogP contribution in [0.5, 0.6) is 0 Å². The zero-order valence-corrected chi connectivity index (χ0v) is 16.1. The molecule has 0 aliphatic carbocycles. The molecule has 0 bridgehead atoms. The van der Waals surface area contributed by atoms with Crippen LogP contribution in [0.2, 0.25) is 0 Å². The number of hydrogen-bond acceptors (Lipinski definition) is 4. The molecule has 4 heteroatoms. The van der Waals surface area contributed by atoms with Crippen LogP contribution in [0.1, 0.15) is 32.6 Å². The van der Waals surface area contributed by atoms with Crippen LogP contribution in [0, 0.1) is 6.92 Å². The molecule has 0 unspecified atom stereocenters. The number of esters is 1. The lowest BCUT2D eigenvalue weighted by Crippen LogP contribution is -2.05. The predicted octanol–water partition coefficient (Wildman–Crippen LogP) is 4.66. The number of rotatable bonds is 7. The third-order valence-corrected chi connectivity index (χ3v) is 4.67. The summed E-state index contributed by atoms with van der Waals surface area (Å²) in [6.45, 7) is 2.97. The Labute approximate surface area is 165 Å². The molecule has 0 radical (unpaired) electrons. The average molecular weight is 376 g/mol. The van der Waals surface area contributed by atoms with Gasteiger partial charge < -0.3 is 14.6 Å². The maximum absolute atomic E-state index is 12.2. The van der Waals surface area contributed by atoms with Gasteiger partial charge in [-0.2, -0.15) is 0 Å². The van der Waals surface area contributed by atoms with Crippen molar-refractivity contribution in [3.05, 3.63) is 94.5 Å². The van der Waals surface area contributed by atoms with E-state index in [-0.39, 0.29) is 12.6 Å². The largest absolute Gasteiger partial charge is 0.465 e. The van der Waals surface area contributed by atoms with Crippen molar-refractivity contribution in [1.82, 2.24) is 0 Å². The minimum Gasteiger partial charge on any atom is -0.465 e. The van der Waals surface area contributed by atoms with Gasteiger partial charge in [-0.1, -0.05) is 54.6 Å². The molecule has 0 heterocycles. The summed E-state index contributed by atoms with van der Waals surface area (Å²) in [5, 5.41) is 9.11. The highest BCUT2D eigenvalue weighted by atomic mass is 16.5. The van der Waals surface area contributed by atoms with Crippen molar-refractivity contribution in [2.45, 2.75) is 26.7 Å². The van der Waals surface area contributed by atoms with Crippen LogP contribution >= 0.6 is 0 Å². The van der Waals surface area contributed by atoms with Gasteiger partial charge in [0.1, 0.15) is 0 Å². The van der Waals surface area contributed by atoms with Gasteiger partial charge in [0.2, 0.25) is 0 Å². The van der Waals surface area contributed by atoms with Gasteiger partial charge in [0.05, 0.1) is 32.5 Å². The molecular formula is C24H24O4. The highest BCUT2D eigenvalue weighted by Gasteiger charge is 2.15. The summed E-state index contributed by atoms with van der Waals surface area (Å²) in [4.78, 5) is 12.2. The second-order valence-electron chi connectivity index (χ2n) is 6.65. The predicted molar refractivity (Wildman–Crippen MR) is 109 cm³/mol. The minimum atomic E-state index is -0.352. The first-order valence-electron chi connectivity index (χ1n) is 9.16. The molecule has 0 saturated carbocycles. The SMILES string of the molecule is COC(=O)c1ccc(COCc2ccc(CO)cc2)cc1-c1ccccc1C. The molecule has 4 nitrogen and oxygen atoms in total. The van der Waals surface area contributed by atoms with Crippen molar-refractivity contribution in [3.8, 4) is 11.1 Å². The number of ether oxygens (including phenoxy) is 2. The topological polar surface area (TPSA) is 55.8 Å². The third kappa shape index (κ3) is 4.66. The van der Waals surface area contributed by atoms with Crippen molar-refractivity contribution in [1.29, 1.82) is 0 Å². The molecule has 0 aliphatic rings. The van der Waals surface area contributed by atoms with Crippen molar-refractivity contribution in [2.75, 3.05) is 7.11 Å². The third-order valence-electron chi connectivity index (χ3n) is 4.67. The van der Waals surface area contributed by atoms with Gasteiger partial charge in [0.15, 0.2) is 0 Å². The number of aliphatic hydroxyl groups is 1. The first kappa shape index (κ1) is 19.8. The second-order valence-corrected chi connectivity index (χ2v) is 6.65. The number of carbonyl (C=O) groups is 1. The summed E-state index contributed by atoms with van der Waals surface area (Å²) < 4.78 is 10.8. The van der Waals surface area contributed by atoms with E-state index in [9.17, 15) is 4.79 Å². The zero-order chi connectivity index (χ0) is 19.9. The molecule has 1 N–H and O–H groups in total. The maximum atomic E-state index is 12.2. The van der Waals surface area contributed by atoms with Gasteiger partial charge in [-0.05, 0) is 52.4 Å². The average Bonchev–Trinajstić information content (AvgIpc) is 2.74. The summed E-state index contributed by atoms with van der Waals surface area (Å²) >= 11 is 0. The fraction of sp³-hybridized carbons (Fsp3) is 0.208. The van der Waals surface area contributed by atoms with Gasteiger partial charge in [-0.25, -0.2) is 4.79 Å². The van der Waals surface area contributed by atoms with Crippen LogP contribution in [0.4, 0.5) is 0 Å². The van der Waals surface area contributed by atoms with Crippen LogP contribution in [0.15, 0.2) is 66.7 Å². The molecule has 3 rings (SSSR count). The number of benzene rings is 3. The molecule has 0 aromatic heterocycles. The summed E-state index contributed by atoms with van der Waals surface area (Å²) in [5.41, 5.74) is 6.39. The molecule has 0 saturated heterocycles. The normalized spacial score (nSPS) is 10.7. The van der Waals surface area contributed by atoms with Gasteiger partial charge >= 0.3 is 5.97 Å². The number of carbonyl (C=O) groups excluding carboxylic acids is 1. The Morgan fingerprint density at radius 3 is 2.18 bits per heavy atom. The van der Waals surface area contributed by atoms with E-state index in [2.05, 4.69) is 0 Å². The number of aryl methyl sites for hydroxylation is 1. The monoisotopic (exact) mass is 376 g/mol. The summed E-state index contributed by atoms with van der Waals surface area (Å²) in [6, 6.07) is 21.3. The Morgan fingerprint density at radius 2 is 1.50 bits per heavy atom. The van der Waals surface area contributed by atoms with E-state index in [0.717, 1.165) is 33.4 Å².